The van der Waals surface area contributed by atoms with Gasteiger partial charge >= 0.3 is 5.97 Å². The lowest BCUT2D eigenvalue weighted by Gasteiger charge is -2.07. The van der Waals surface area contributed by atoms with Gasteiger partial charge in [-0.1, -0.05) is 17.7 Å². The molecule has 5 heteroatoms. The average Bonchev–Trinajstić information content (AvgIpc) is 3.29. The quantitative estimate of drug-likeness (QED) is 0.798. The van der Waals surface area contributed by atoms with E-state index in [2.05, 4.69) is 4.98 Å². The number of pyridine rings is 1. The van der Waals surface area contributed by atoms with Crippen LogP contribution in [0.5, 0.6) is 0 Å². The predicted molar refractivity (Wildman–Crippen MR) is 76.7 cm³/mol. The number of benzene rings is 1. The summed E-state index contributed by atoms with van der Waals surface area (Å²) in [6.07, 6.45) is 5.21. The number of aromatic nitrogens is 1. The molecule has 2 aromatic rings. The highest BCUT2D eigenvalue weighted by atomic mass is 35.5. The second-order valence-corrected chi connectivity index (χ2v) is 5.54. The molecule has 0 saturated heterocycles. The summed E-state index contributed by atoms with van der Waals surface area (Å²) < 4.78 is 19.0. The highest BCUT2D eigenvalue weighted by Gasteiger charge is 2.25. The Kier molecular flexibility index (Phi) is 3.88. The van der Waals surface area contributed by atoms with Crippen molar-refractivity contribution in [3.63, 3.8) is 0 Å². The van der Waals surface area contributed by atoms with Crippen molar-refractivity contribution in [3.05, 3.63) is 64.2 Å². The molecule has 1 aliphatic carbocycles. The lowest BCUT2D eigenvalue weighted by molar-refractivity contribution is 0.0467. The SMILES string of the molecule is O=C(OCc1cncc(Cl)c1)c1ccc(C2CC2)cc1F. The summed E-state index contributed by atoms with van der Waals surface area (Å²) in [5.74, 6) is -0.773. The number of carbonyl (C=O) groups is 1. The van der Waals surface area contributed by atoms with Gasteiger partial charge in [-0.05, 0) is 42.5 Å². The molecule has 108 valence electrons. The fourth-order valence-electron chi connectivity index (χ4n) is 2.13. The fourth-order valence-corrected chi connectivity index (χ4v) is 2.33. The molecule has 0 N–H and O–H groups in total. The zero-order valence-corrected chi connectivity index (χ0v) is 11.9. The van der Waals surface area contributed by atoms with E-state index >= 15 is 0 Å². The first-order valence-electron chi connectivity index (χ1n) is 6.69. The van der Waals surface area contributed by atoms with Gasteiger partial charge in [0.25, 0.3) is 0 Å². The van der Waals surface area contributed by atoms with Gasteiger partial charge < -0.3 is 4.74 Å². The van der Waals surface area contributed by atoms with Crippen molar-refractivity contribution < 1.29 is 13.9 Å². The van der Waals surface area contributed by atoms with Crippen LogP contribution in [0.4, 0.5) is 4.39 Å². The van der Waals surface area contributed by atoms with Crippen LogP contribution in [-0.2, 0) is 11.3 Å². The maximum atomic E-state index is 13.9. The van der Waals surface area contributed by atoms with Crippen LogP contribution in [0.25, 0.3) is 0 Å². The maximum Gasteiger partial charge on any atom is 0.341 e. The standard InChI is InChI=1S/C16H13ClFNO2/c17-13-5-10(7-19-8-13)9-21-16(20)14-4-3-12(6-15(14)18)11-1-2-11/h3-8,11H,1-2,9H2. The lowest BCUT2D eigenvalue weighted by atomic mass is 10.1. The largest absolute Gasteiger partial charge is 0.457 e. The monoisotopic (exact) mass is 305 g/mol. The number of esters is 1. The van der Waals surface area contributed by atoms with Crippen LogP contribution in [0.3, 0.4) is 0 Å². The molecule has 0 radical (unpaired) electrons. The molecule has 21 heavy (non-hydrogen) atoms. The van der Waals surface area contributed by atoms with E-state index in [0.29, 0.717) is 16.5 Å². The van der Waals surface area contributed by atoms with E-state index in [0.717, 1.165) is 18.4 Å². The van der Waals surface area contributed by atoms with Crippen LogP contribution in [0.15, 0.2) is 36.7 Å². The number of nitrogens with zero attached hydrogens (tertiary/aromatic N) is 1. The van der Waals surface area contributed by atoms with Crippen molar-refractivity contribution >= 4 is 17.6 Å². The summed E-state index contributed by atoms with van der Waals surface area (Å²) in [5.41, 5.74) is 1.56. The van der Waals surface area contributed by atoms with Gasteiger partial charge in [-0.3, -0.25) is 4.98 Å². The predicted octanol–water partition coefficient (Wildman–Crippen LogP) is 4.11. The van der Waals surface area contributed by atoms with Gasteiger partial charge in [-0.15, -0.1) is 0 Å². The lowest BCUT2D eigenvalue weighted by Crippen LogP contribution is -2.08. The third-order valence-electron chi connectivity index (χ3n) is 3.39. The first kappa shape index (κ1) is 14.0. The Balaban J connectivity index is 1.67. The number of carbonyl (C=O) groups excluding carboxylic acids is 1. The van der Waals surface area contributed by atoms with E-state index in [1.807, 2.05) is 0 Å². The van der Waals surface area contributed by atoms with E-state index in [4.69, 9.17) is 16.3 Å². The van der Waals surface area contributed by atoms with Crippen LogP contribution in [0, 0.1) is 5.82 Å². The maximum absolute atomic E-state index is 13.9. The van der Waals surface area contributed by atoms with Crippen LogP contribution in [0.1, 0.15) is 40.2 Å². The van der Waals surface area contributed by atoms with E-state index in [9.17, 15) is 9.18 Å². The van der Waals surface area contributed by atoms with Crippen molar-refractivity contribution in [1.29, 1.82) is 0 Å². The molecule has 0 spiro atoms. The van der Waals surface area contributed by atoms with Crippen LogP contribution >= 0.6 is 11.6 Å². The van der Waals surface area contributed by atoms with Crippen molar-refractivity contribution in [3.8, 4) is 0 Å². The molecule has 1 heterocycles. The first-order valence-corrected chi connectivity index (χ1v) is 7.07. The summed E-state index contributed by atoms with van der Waals surface area (Å²) in [5, 5.41) is 0.462. The molecule has 0 aliphatic heterocycles. The van der Waals surface area contributed by atoms with Crippen molar-refractivity contribution in [2.75, 3.05) is 0 Å². The minimum absolute atomic E-state index is 0.0101. The Labute approximate surface area is 126 Å². The number of ether oxygens (including phenoxy) is 1. The smallest absolute Gasteiger partial charge is 0.341 e. The minimum Gasteiger partial charge on any atom is -0.457 e. The van der Waals surface area contributed by atoms with Crippen molar-refractivity contribution in [2.24, 2.45) is 0 Å². The third kappa shape index (κ3) is 3.39. The molecule has 1 saturated carbocycles. The van der Waals surface area contributed by atoms with Crippen molar-refractivity contribution in [2.45, 2.75) is 25.4 Å². The molecule has 1 aromatic carbocycles. The van der Waals surface area contributed by atoms with Gasteiger partial charge in [0, 0.05) is 18.0 Å². The van der Waals surface area contributed by atoms with Gasteiger partial charge in [-0.2, -0.15) is 0 Å². The summed E-state index contributed by atoms with van der Waals surface area (Å²) in [7, 11) is 0. The summed E-state index contributed by atoms with van der Waals surface area (Å²) in [4.78, 5) is 15.8. The van der Waals surface area contributed by atoms with Gasteiger partial charge in [0.05, 0.1) is 10.6 Å². The summed E-state index contributed by atoms with van der Waals surface area (Å²) >= 11 is 5.79. The molecule has 0 amide bonds. The molecule has 3 nitrogen and oxygen atoms in total. The Morgan fingerprint density at radius 3 is 2.81 bits per heavy atom. The molecule has 0 bridgehead atoms. The zero-order valence-electron chi connectivity index (χ0n) is 11.2. The van der Waals surface area contributed by atoms with E-state index in [1.165, 1.54) is 18.3 Å². The third-order valence-corrected chi connectivity index (χ3v) is 3.60. The summed E-state index contributed by atoms with van der Waals surface area (Å²) in [6, 6.07) is 6.35. The number of hydrogen-bond acceptors (Lipinski definition) is 3. The highest BCUT2D eigenvalue weighted by molar-refractivity contribution is 6.30. The molecule has 1 aliphatic rings. The Bertz CT molecular complexity index is 686. The number of halogens is 2. The molecule has 3 rings (SSSR count). The molecule has 0 unspecified atom stereocenters. The summed E-state index contributed by atoms with van der Waals surface area (Å²) in [6.45, 7) is 0.0101. The van der Waals surface area contributed by atoms with Crippen LogP contribution < -0.4 is 0 Å². The molecular weight excluding hydrogens is 293 g/mol. The normalized spacial score (nSPS) is 14.0. The highest BCUT2D eigenvalue weighted by Crippen LogP contribution is 2.40. The van der Waals surface area contributed by atoms with E-state index < -0.39 is 11.8 Å². The van der Waals surface area contributed by atoms with Crippen LogP contribution in [-0.4, -0.2) is 11.0 Å². The van der Waals surface area contributed by atoms with Crippen LogP contribution in [0.2, 0.25) is 5.02 Å². The topological polar surface area (TPSA) is 39.2 Å². The number of hydrogen-bond donors (Lipinski definition) is 0. The second kappa shape index (κ2) is 5.82. The minimum atomic E-state index is -0.685. The average molecular weight is 306 g/mol. The molecule has 1 fully saturated rings. The Morgan fingerprint density at radius 1 is 1.33 bits per heavy atom. The van der Waals surface area contributed by atoms with E-state index in [-0.39, 0.29) is 12.2 Å². The molecule has 1 aromatic heterocycles. The van der Waals surface area contributed by atoms with Gasteiger partial charge in [0.2, 0.25) is 0 Å². The molecule has 0 atom stereocenters. The molecular formula is C16H13ClFNO2. The second-order valence-electron chi connectivity index (χ2n) is 5.10. The zero-order chi connectivity index (χ0) is 14.8. The van der Waals surface area contributed by atoms with Gasteiger partial charge in [0.1, 0.15) is 12.4 Å². The Hall–Kier alpha value is -1.94. The van der Waals surface area contributed by atoms with Crippen molar-refractivity contribution in [1.82, 2.24) is 4.98 Å². The number of rotatable bonds is 4. The van der Waals surface area contributed by atoms with Gasteiger partial charge in [0.15, 0.2) is 0 Å². The Morgan fingerprint density at radius 2 is 2.14 bits per heavy atom. The first-order chi connectivity index (χ1) is 10.1. The van der Waals surface area contributed by atoms with Gasteiger partial charge in [-0.25, -0.2) is 9.18 Å². The fraction of sp³-hybridized carbons (Fsp3) is 0.250. The van der Waals surface area contributed by atoms with E-state index in [1.54, 1.807) is 18.3 Å².